The van der Waals surface area contributed by atoms with Crippen LogP contribution in [0.3, 0.4) is 0 Å². The standard InChI is InChI=1S/C44H74NO8P/c1-3-5-7-9-11-13-15-17-18-19-20-21-22-23-25-26-28-30-32-34-36-43(46)50-40-42(41-52-54(48,49)51-39-38-45)53-44(47)37-35-33-31-29-27-24-16-14-12-10-8-6-4-2/h6,8,10,12-18,24,27,29,31,42H,3-5,7,9,11,19-23,25-26,28,30,32-41,45H2,1-2H3,(H,48,49)/b8-6+,12-10+,15-13+,16-14+,18-17+,27-24+,31-29+. The van der Waals surface area contributed by atoms with Crippen molar-refractivity contribution in [2.24, 2.45) is 5.73 Å². The third-order valence-electron chi connectivity index (χ3n) is 8.17. The van der Waals surface area contributed by atoms with Crippen LogP contribution in [-0.2, 0) is 32.7 Å². The molecule has 0 aliphatic rings. The fraction of sp³-hybridized carbons (Fsp3) is 0.636. The number of hydrogen-bond donors (Lipinski definition) is 2. The Labute approximate surface area is 328 Å². The summed E-state index contributed by atoms with van der Waals surface area (Å²) in [5.41, 5.74) is 5.33. The molecule has 0 aromatic rings. The molecule has 0 aromatic carbocycles. The Hall–Kier alpha value is -2.81. The van der Waals surface area contributed by atoms with Gasteiger partial charge in [-0.25, -0.2) is 4.57 Å². The smallest absolute Gasteiger partial charge is 0.462 e. The summed E-state index contributed by atoms with van der Waals surface area (Å²) in [6, 6.07) is 0. The predicted molar refractivity (Wildman–Crippen MR) is 224 cm³/mol. The van der Waals surface area contributed by atoms with Crippen molar-refractivity contribution in [3.8, 4) is 0 Å². The van der Waals surface area contributed by atoms with Crippen molar-refractivity contribution >= 4 is 19.8 Å². The Morgan fingerprint density at radius 3 is 1.59 bits per heavy atom. The van der Waals surface area contributed by atoms with Gasteiger partial charge >= 0.3 is 19.8 Å². The van der Waals surface area contributed by atoms with Gasteiger partial charge in [0.05, 0.1) is 13.2 Å². The van der Waals surface area contributed by atoms with Gasteiger partial charge in [0.15, 0.2) is 6.10 Å². The molecular formula is C44H74NO8P. The highest BCUT2D eigenvalue weighted by molar-refractivity contribution is 7.47. The van der Waals surface area contributed by atoms with Crippen LogP contribution >= 0.6 is 7.82 Å². The first-order chi connectivity index (χ1) is 26.3. The molecule has 54 heavy (non-hydrogen) atoms. The molecule has 0 fully saturated rings. The van der Waals surface area contributed by atoms with Gasteiger partial charge in [-0.15, -0.1) is 0 Å². The van der Waals surface area contributed by atoms with E-state index in [1.54, 1.807) is 0 Å². The largest absolute Gasteiger partial charge is 0.472 e. The van der Waals surface area contributed by atoms with Crippen LogP contribution in [-0.4, -0.2) is 49.3 Å². The van der Waals surface area contributed by atoms with Crippen LogP contribution in [0.25, 0.3) is 0 Å². The average molecular weight is 776 g/mol. The van der Waals surface area contributed by atoms with Crippen molar-refractivity contribution in [3.63, 3.8) is 0 Å². The molecule has 3 N–H and O–H groups in total. The van der Waals surface area contributed by atoms with Gasteiger partial charge in [0.2, 0.25) is 0 Å². The number of ether oxygens (including phenoxy) is 2. The molecular weight excluding hydrogens is 701 g/mol. The number of carbonyl (C=O) groups is 2. The summed E-state index contributed by atoms with van der Waals surface area (Å²) in [6.45, 7) is 3.45. The Morgan fingerprint density at radius 2 is 1.04 bits per heavy atom. The highest BCUT2D eigenvalue weighted by atomic mass is 31.2. The monoisotopic (exact) mass is 776 g/mol. The van der Waals surface area contributed by atoms with E-state index in [-0.39, 0.29) is 32.6 Å². The summed E-state index contributed by atoms with van der Waals surface area (Å²) < 4.78 is 32.6. The second kappa shape index (κ2) is 39.9. The SMILES string of the molecule is CC/C=C/C=C/C=C/C=C/C=C/CCCC(=O)OC(COC(=O)CCCCCCCCCCCC/C=C/C=C/CCCCCC)COP(=O)(O)OCCN. The lowest BCUT2D eigenvalue weighted by Gasteiger charge is -2.19. The summed E-state index contributed by atoms with van der Waals surface area (Å²) in [5.74, 6) is -0.928. The van der Waals surface area contributed by atoms with Crippen LogP contribution in [0.4, 0.5) is 0 Å². The van der Waals surface area contributed by atoms with Gasteiger partial charge in [0.1, 0.15) is 6.61 Å². The Bertz CT molecular complexity index is 1160. The lowest BCUT2D eigenvalue weighted by molar-refractivity contribution is -0.161. The van der Waals surface area contributed by atoms with E-state index >= 15 is 0 Å². The van der Waals surface area contributed by atoms with Gasteiger partial charge in [-0.3, -0.25) is 18.6 Å². The van der Waals surface area contributed by atoms with Crippen molar-refractivity contribution in [2.75, 3.05) is 26.4 Å². The maximum Gasteiger partial charge on any atom is 0.472 e. The van der Waals surface area contributed by atoms with Crippen LogP contribution in [0, 0.1) is 0 Å². The van der Waals surface area contributed by atoms with E-state index < -0.39 is 32.5 Å². The Balaban J connectivity index is 4.24. The van der Waals surface area contributed by atoms with E-state index in [1.165, 1.54) is 70.6 Å². The average Bonchev–Trinajstić information content (AvgIpc) is 3.16. The Kier molecular flexibility index (Phi) is 37.8. The summed E-state index contributed by atoms with van der Waals surface area (Å²) >= 11 is 0. The molecule has 0 radical (unpaired) electrons. The molecule has 308 valence electrons. The number of phosphoric acid groups is 1. The normalized spacial score (nSPS) is 14.2. The predicted octanol–water partition coefficient (Wildman–Crippen LogP) is 11.7. The number of unbranched alkanes of at least 4 members (excludes halogenated alkanes) is 15. The lowest BCUT2D eigenvalue weighted by Crippen LogP contribution is -2.29. The van der Waals surface area contributed by atoms with Crippen LogP contribution in [0.5, 0.6) is 0 Å². The van der Waals surface area contributed by atoms with E-state index in [9.17, 15) is 19.0 Å². The van der Waals surface area contributed by atoms with E-state index in [2.05, 4.69) is 44.2 Å². The van der Waals surface area contributed by atoms with E-state index in [4.69, 9.17) is 24.3 Å². The molecule has 0 saturated heterocycles. The third kappa shape index (κ3) is 38.9. The number of carbonyl (C=O) groups excluding carboxylic acids is 2. The first-order valence-corrected chi connectivity index (χ1v) is 22.1. The maximum absolute atomic E-state index is 12.5. The minimum absolute atomic E-state index is 0.0370. The number of nitrogens with two attached hydrogens (primary N) is 1. The van der Waals surface area contributed by atoms with Crippen molar-refractivity contribution in [3.05, 3.63) is 85.1 Å². The topological polar surface area (TPSA) is 134 Å². The van der Waals surface area contributed by atoms with E-state index in [1.807, 2.05) is 54.7 Å². The van der Waals surface area contributed by atoms with Gasteiger partial charge in [0.25, 0.3) is 0 Å². The molecule has 0 amide bonds. The minimum Gasteiger partial charge on any atom is -0.462 e. The quantitative estimate of drug-likeness (QED) is 0.0274. The highest BCUT2D eigenvalue weighted by Gasteiger charge is 2.25. The van der Waals surface area contributed by atoms with Crippen LogP contribution in [0.1, 0.15) is 149 Å². The summed E-state index contributed by atoms with van der Waals surface area (Å²) in [4.78, 5) is 34.8. The zero-order chi connectivity index (χ0) is 39.6. The summed E-state index contributed by atoms with van der Waals surface area (Å²) in [6.07, 6.45) is 49.1. The second-order valence-electron chi connectivity index (χ2n) is 13.3. The fourth-order valence-electron chi connectivity index (χ4n) is 5.12. The van der Waals surface area contributed by atoms with Gasteiger partial charge in [-0.1, -0.05) is 170 Å². The first-order valence-electron chi connectivity index (χ1n) is 20.6. The highest BCUT2D eigenvalue weighted by Crippen LogP contribution is 2.43. The van der Waals surface area contributed by atoms with Crippen molar-refractivity contribution in [1.29, 1.82) is 0 Å². The zero-order valence-corrected chi connectivity index (χ0v) is 34.6. The fourth-order valence-corrected chi connectivity index (χ4v) is 5.89. The molecule has 0 bridgehead atoms. The van der Waals surface area contributed by atoms with Gasteiger partial charge in [-0.2, -0.15) is 0 Å². The van der Waals surface area contributed by atoms with Crippen molar-refractivity contribution in [1.82, 2.24) is 0 Å². The molecule has 0 heterocycles. The van der Waals surface area contributed by atoms with E-state index in [0.29, 0.717) is 19.3 Å². The molecule has 0 saturated carbocycles. The first kappa shape index (κ1) is 51.2. The zero-order valence-electron chi connectivity index (χ0n) is 33.7. The maximum atomic E-state index is 12.5. The van der Waals surface area contributed by atoms with Crippen LogP contribution in [0.2, 0.25) is 0 Å². The molecule has 0 aliphatic carbocycles. The van der Waals surface area contributed by atoms with Crippen LogP contribution in [0.15, 0.2) is 85.1 Å². The van der Waals surface area contributed by atoms with Crippen molar-refractivity contribution < 1.29 is 37.6 Å². The molecule has 10 heteroatoms. The number of hydrogen-bond acceptors (Lipinski definition) is 8. The number of allylic oxidation sites excluding steroid dienone is 14. The Morgan fingerprint density at radius 1 is 0.574 bits per heavy atom. The summed E-state index contributed by atoms with van der Waals surface area (Å²) in [7, 11) is -4.40. The molecule has 9 nitrogen and oxygen atoms in total. The third-order valence-corrected chi connectivity index (χ3v) is 9.16. The van der Waals surface area contributed by atoms with Crippen molar-refractivity contribution in [2.45, 2.75) is 155 Å². The minimum atomic E-state index is -4.40. The molecule has 2 atom stereocenters. The molecule has 0 aliphatic heterocycles. The molecule has 2 unspecified atom stereocenters. The number of rotatable bonds is 37. The molecule has 0 spiro atoms. The number of esters is 2. The number of phosphoric ester groups is 1. The van der Waals surface area contributed by atoms with Gasteiger partial charge < -0.3 is 20.1 Å². The van der Waals surface area contributed by atoms with E-state index in [0.717, 1.165) is 32.1 Å². The lowest BCUT2D eigenvalue weighted by atomic mass is 10.1. The second-order valence-corrected chi connectivity index (χ2v) is 14.7. The van der Waals surface area contributed by atoms with Crippen LogP contribution < -0.4 is 5.73 Å². The molecule has 0 rings (SSSR count). The van der Waals surface area contributed by atoms with Gasteiger partial charge in [0, 0.05) is 19.4 Å². The summed E-state index contributed by atoms with van der Waals surface area (Å²) in [5, 5.41) is 0. The molecule has 0 aromatic heterocycles. The van der Waals surface area contributed by atoms with Gasteiger partial charge in [-0.05, 0) is 51.4 Å².